The van der Waals surface area contributed by atoms with Crippen molar-refractivity contribution in [3.63, 3.8) is 0 Å². The fraction of sp³-hybridized carbons (Fsp3) is 0.444. The second-order valence-electron chi connectivity index (χ2n) is 18.0. The fourth-order valence-corrected chi connectivity index (χ4v) is 12.3. The number of carbonyl (C=O) groups is 4. The Morgan fingerprint density at radius 1 is 0.595 bits per heavy atom. The number of nitrogens with one attached hydrogen (secondary N) is 2. The molecule has 0 spiro atoms. The van der Waals surface area contributed by atoms with Crippen LogP contribution in [0, 0.1) is 11.8 Å². The van der Waals surface area contributed by atoms with E-state index >= 15 is 0 Å². The Bertz CT molecular complexity index is 2580. The maximum Gasteiger partial charge on any atom is 1.00 e. The molecule has 4 aromatic carbocycles. The van der Waals surface area contributed by atoms with Gasteiger partial charge in [0.15, 0.2) is 23.2 Å². The summed E-state index contributed by atoms with van der Waals surface area (Å²) in [6, 6.07) is 23.1. The van der Waals surface area contributed by atoms with Crippen molar-refractivity contribution < 1.29 is 114 Å². The number of benzene rings is 4. The molecule has 19 nitrogen and oxygen atoms in total. The van der Waals surface area contributed by atoms with Crippen LogP contribution in [0.25, 0.3) is 0 Å². The van der Waals surface area contributed by atoms with E-state index in [-0.39, 0.29) is 123 Å². The van der Waals surface area contributed by atoms with E-state index in [4.69, 9.17) is 9.47 Å². The number of hydrogen-bond acceptors (Lipinski definition) is 20. The SMILES string of the molecule is CCCc1c(OCCCSc2ccc(C(SCc3nn[nH]n3)C(C)CC(=O)[O-])cc2)ccc(C(C)=O)c1O.CCCc1c(OCCCSc2ccc(C(SCc3nn[nH]n3)C(C)CC(=O)[O-])cc2)ccc(C(C)=O)c1O.O.[Na+].[Na+]. The third-order valence-electron chi connectivity index (χ3n) is 11.9. The second kappa shape index (κ2) is 37.8. The van der Waals surface area contributed by atoms with E-state index < -0.39 is 11.9 Å². The van der Waals surface area contributed by atoms with Gasteiger partial charge in [0, 0.05) is 54.9 Å². The molecule has 0 aliphatic heterocycles. The van der Waals surface area contributed by atoms with Gasteiger partial charge in [0.1, 0.15) is 23.0 Å². The summed E-state index contributed by atoms with van der Waals surface area (Å²) in [5, 5.41) is 71.2. The van der Waals surface area contributed by atoms with Crippen LogP contribution >= 0.6 is 47.0 Å². The van der Waals surface area contributed by atoms with Crippen LogP contribution in [0.15, 0.2) is 82.6 Å². The molecular weight excluding hydrogens is 1110 g/mol. The quantitative estimate of drug-likeness (QED) is 0.0203. The molecule has 4 atom stereocenters. The minimum Gasteiger partial charge on any atom is -0.550 e. The zero-order valence-corrected chi connectivity index (χ0v) is 53.4. The summed E-state index contributed by atoms with van der Waals surface area (Å²) in [5.41, 5.74) is 4.09. The third kappa shape index (κ3) is 23.3. The number of phenols is 2. The van der Waals surface area contributed by atoms with Crippen LogP contribution in [0.2, 0.25) is 0 Å². The summed E-state index contributed by atoms with van der Waals surface area (Å²) in [4.78, 5) is 48.1. The molecule has 6 rings (SSSR count). The molecule has 0 saturated carbocycles. The van der Waals surface area contributed by atoms with Crippen LogP contribution in [-0.2, 0) is 33.9 Å². The molecule has 0 radical (unpaired) electrons. The van der Waals surface area contributed by atoms with Crippen LogP contribution < -0.4 is 78.8 Å². The number of ketones is 2. The first-order valence-electron chi connectivity index (χ1n) is 25.1. The number of aliphatic carboxylic acids is 2. The molecule has 79 heavy (non-hydrogen) atoms. The standard InChI is InChI=1S/2C27H34N4O5S2.2Na.H2O/c2*1-4-6-22-23(12-11-21(18(3)32)26(22)35)36-13-5-14-37-20-9-7-19(8-10-20)27(17(2)15-25(33)34)38-16-24-28-30-31-29-24;;;/h2*7-12,17,27,35H,4-6,13-16H2,1-3H3,(H,33,34)(H,28,29,30,31);;;1H2/q;;2*+1;/p-2. The maximum absolute atomic E-state index is 11.7. The first-order valence-corrected chi connectivity index (χ1v) is 29.2. The zero-order chi connectivity index (χ0) is 55.0. The Morgan fingerprint density at radius 3 is 1.27 bits per heavy atom. The summed E-state index contributed by atoms with van der Waals surface area (Å²) in [6.07, 6.45) is 4.49. The largest absolute Gasteiger partial charge is 1.00 e. The molecule has 0 bridgehead atoms. The third-order valence-corrected chi connectivity index (χ3v) is 17.1. The average molecular weight is 1180 g/mol. The molecule has 0 amide bonds. The van der Waals surface area contributed by atoms with E-state index in [1.165, 1.54) is 13.8 Å². The van der Waals surface area contributed by atoms with E-state index in [0.29, 0.717) is 83.0 Å². The van der Waals surface area contributed by atoms with Crippen molar-refractivity contribution in [2.75, 3.05) is 24.7 Å². The molecular formula is C54H68N8Na2O11S4. The molecule has 2 heterocycles. The molecule has 6 aromatic rings. The number of Topliss-reactive ketones (excluding diaryl/α,β-unsaturated/α-hetero) is 2. The predicted octanol–water partition coefficient (Wildman–Crippen LogP) is 1.93. The van der Waals surface area contributed by atoms with Crippen LogP contribution in [0.3, 0.4) is 0 Å². The number of carboxylic acids is 2. The molecule has 25 heteroatoms. The minimum absolute atomic E-state index is 0. The number of thioether (sulfide) groups is 4. The van der Waals surface area contributed by atoms with Crippen molar-refractivity contribution in [2.24, 2.45) is 11.8 Å². The normalized spacial score (nSPS) is 12.2. The minimum atomic E-state index is -1.07. The second-order valence-corrected chi connectivity index (χ2v) is 22.6. The summed E-state index contributed by atoms with van der Waals surface area (Å²) in [6.45, 7) is 11.7. The van der Waals surface area contributed by atoms with E-state index in [0.717, 1.165) is 58.1 Å². The molecule has 4 unspecified atom stereocenters. The van der Waals surface area contributed by atoms with E-state index in [1.54, 1.807) is 71.3 Å². The van der Waals surface area contributed by atoms with Gasteiger partial charge in [0.25, 0.3) is 0 Å². The molecule has 0 fully saturated rings. The Balaban J connectivity index is 0.000000520. The number of nitrogens with zero attached hydrogens (tertiary/aromatic N) is 6. The van der Waals surface area contributed by atoms with Gasteiger partial charge in [-0.05, 0) is 124 Å². The molecule has 6 N–H and O–H groups in total. The number of H-pyrrole nitrogens is 2. The first-order chi connectivity index (χ1) is 36.6. The summed E-state index contributed by atoms with van der Waals surface area (Å²) >= 11 is 6.59. The van der Waals surface area contributed by atoms with Crippen LogP contribution in [0.4, 0.5) is 0 Å². The number of carboxylic acid groups (broad SMARTS) is 2. The molecule has 0 saturated heterocycles. The van der Waals surface area contributed by atoms with Crippen molar-refractivity contribution in [3.8, 4) is 23.0 Å². The molecule has 416 valence electrons. The molecule has 0 aliphatic rings. The monoisotopic (exact) mass is 1180 g/mol. The fourth-order valence-electron chi connectivity index (χ4n) is 8.16. The van der Waals surface area contributed by atoms with Crippen LogP contribution in [-0.4, -0.2) is 105 Å². The van der Waals surface area contributed by atoms with E-state index in [2.05, 4.69) is 41.2 Å². The summed E-state index contributed by atoms with van der Waals surface area (Å²) < 4.78 is 11.9. The van der Waals surface area contributed by atoms with Gasteiger partial charge in [0.2, 0.25) is 0 Å². The number of hydrogen-bond donors (Lipinski definition) is 4. The Morgan fingerprint density at radius 2 is 0.962 bits per heavy atom. The number of rotatable bonds is 32. The van der Waals surface area contributed by atoms with Crippen molar-refractivity contribution in [2.45, 2.75) is 125 Å². The number of aromatic hydroxyl groups is 2. The van der Waals surface area contributed by atoms with Gasteiger partial charge >= 0.3 is 59.1 Å². The summed E-state index contributed by atoms with van der Waals surface area (Å²) in [5.74, 6) is 2.43. The number of ether oxygens (including phenoxy) is 2. The predicted molar refractivity (Wildman–Crippen MR) is 296 cm³/mol. The Hall–Kier alpha value is -4.14. The van der Waals surface area contributed by atoms with E-state index in [9.17, 15) is 39.6 Å². The van der Waals surface area contributed by atoms with Crippen molar-refractivity contribution in [1.29, 1.82) is 0 Å². The van der Waals surface area contributed by atoms with Crippen molar-refractivity contribution >= 4 is 70.6 Å². The van der Waals surface area contributed by atoms with Crippen molar-refractivity contribution in [3.05, 3.63) is 118 Å². The first kappa shape index (κ1) is 71.0. The average Bonchev–Trinajstić information content (AvgIpc) is 4.12. The van der Waals surface area contributed by atoms with E-state index in [1.807, 2.05) is 76.2 Å². The number of phenolic OH excluding ortho intramolecular Hbond substituents is 2. The molecule has 0 aliphatic carbocycles. The van der Waals surface area contributed by atoms with Gasteiger partial charge in [-0.1, -0.05) is 75.2 Å². The number of carbonyl (C=O) groups excluding carboxylic acids is 4. The van der Waals surface area contributed by atoms with Gasteiger partial charge in [0.05, 0.1) is 35.8 Å². The number of tetrazole rings is 2. The molecule has 2 aromatic heterocycles. The summed E-state index contributed by atoms with van der Waals surface area (Å²) in [7, 11) is 0. The van der Waals surface area contributed by atoms with Gasteiger partial charge in [-0.25, -0.2) is 0 Å². The van der Waals surface area contributed by atoms with Gasteiger partial charge in [-0.2, -0.15) is 10.4 Å². The number of aromatic amines is 2. The maximum atomic E-state index is 11.7. The van der Waals surface area contributed by atoms with Crippen molar-refractivity contribution in [1.82, 2.24) is 41.2 Å². The number of aromatic nitrogens is 8. The van der Waals surface area contributed by atoms with Crippen LogP contribution in [0.1, 0.15) is 145 Å². The van der Waals surface area contributed by atoms with Gasteiger partial charge in [-0.15, -0.1) is 67.4 Å². The van der Waals surface area contributed by atoms with Gasteiger partial charge < -0.3 is 45.0 Å². The van der Waals surface area contributed by atoms with Crippen LogP contribution in [0.5, 0.6) is 23.0 Å². The smallest absolute Gasteiger partial charge is 0.550 e. The Labute approximate surface area is 522 Å². The van der Waals surface area contributed by atoms with Gasteiger partial charge in [-0.3, -0.25) is 9.59 Å². The topological polar surface area (TPSA) is 314 Å². The Kier molecular flexibility index (Phi) is 33.9. The zero-order valence-electron chi connectivity index (χ0n) is 46.1.